The molecule has 0 aromatic heterocycles. The van der Waals surface area contributed by atoms with Gasteiger partial charge in [0.15, 0.2) is 5.17 Å². The minimum atomic E-state index is -0.651. The monoisotopic (exact) mass is 683 g/mol. The number of amidine groups is 1. The number of benzene rings is 2. The zero-order chi connectivity index (χ0) is 32.9. The van der Waals surface area contributed by atoms with Gasteiger partial charge in [-0.25, -0.2) is 4.99 Å². The molecule has 4 heterocycles. The summed E-state index contributed by atoms with van der Waals surface area (Å²) in [5.74, 6) is -0.0701. The first kappa shape index (κ1) is 33.3. The third-order valence-electron chi connectivity index (χ3n) is 10.1. The number of amides is 2. The summed E-state index contributed by atoms with van der Waals surface area (Å²) >= 11 is 14.0. The third-order valence-corrected chi connectivity index (χ3v) is 11.7. The number of thioether (sulfide) groups is 1. The molecule has 6 rings (SSSR count). The standard InChI is InChI=1S/C35H43Cl2N5O3S/c1-21(2)29-30(33(45)41-22(3)6-15-28(41)32(44)40-18-17-39(5)27(20-40)16-19-43)46-34-38-35(4,24-9-13-26(37)14-10-24)31(42(29)34)23-7-11-25(36)12-8-23/h7-14,21-22,27-28,31,43H,6,15-20H2,1-5H3/t22-,27+,28-,31-,35+/m1/s1. The molecule has 1 N–H and O–H groups in total. The minimum Gasteiger partial charge on any atom is -0.396 e. The number of hydrogen-bond acceptors (Lipinski definition) is 7. The Morgan fingerprint density at radius 2 is 1.70 bits per heavy atom. The second kappa shape index (κ2) is 13.2. The van der Waals surface area contributed by atoms with E-state index in [-0.39, 0.29) is 42.5 Å². The lowest BCUT2D eigenvalue weighted by Gasteiger charge is -2.41. The fourth-order valence-corrected chi connectivity index (χ4v) is 9.17. The van der Waals surface area contributed by atoms with Gasteiger partial charge in [0.05, 0.1) is 6.04 Å². The molecule has 0 unspecified atom stereocenters. The fraction of sp³-hybridized carbons (Fsp3) is 0.514. The van der Waals surface area contributed by atoms with Crippen molar-refractivity contribution < 1.29 is 14.7 Å². The van der Waals surface area contributed by atoms with Crippen LogP contribution in [0.1, 0.15) is 64.1 Å². The van der Waals surface area contributed by atoms with E-state index in [0.717, 1.165) is 35.0 Å². The Labute approximate surface area is 286 Å². The molecule has 2 aromatic carbocycles. The molecule has 0 aliphatic carbocycles. The van der Waals surface area contributed by atoms with Crippen LogP contribution in [0.25, 0.3) is 0 Å². The van der Waals surface area contributed by atoms with Gasteiger partial charge in [-0.05, 0) is 93.2 Å². The molecule has 4 aliphatic heterocycles. The lowest BCUT2D eigenvalue weighted by atomic mass is 9.81. The highest BCUT2D eigenvalue weighted by molar-refractivity contribution is 8.18. The van der Waals surface area contributed by atoms with Crippen molar-refractivity contribution in [3.8, 4) is 0 Å². The summed E-state index contributed by atoms with van der Waals surface area (Å²) in [5, 5.41) is 11.7. The molecule has 2 saturated heterocycles. The molecular formula is C35H43Cl2N5O3S. The topological polar surface area (TPSA) is 79.7 Å². The first-order valence-corrected chi connectivity index (χ1v) is 17.8. The molecule has 2 fully saturated rings. The van der Waals surface area contributed by atoms with E-state index in [4.69, 9.17) is 28.2 Å². The maximum Gasteiger partial charge on any atom is 0.263 e. The van der Waals surface area contributed by atoms with Crippen LogP contribution in [0.5, 0.6) is 0 Å². The maximum absolute atomic E-state index is 14.7. The number of carbonyl (C=O) groups is 2. The van der Waals surface area contributed by atoms with Gasteiger partial charge in [0, 0.05) is 54.1 Å². The second-order valence-electron chi connectivity index (χ2n) is 13.4. The summed E-state index contributed by atoms with van der Waals surface area (Å²) in [4.78, 5) is 42.9. The molecule has 0 bridgehead atoms. The number of likely N-dealkylation sites (N-methyl/N-ethyl adjacent to an activating group) is 1. The van der Waals surface area contributed by atoms with E-state index in [1.807, 2.05) is 72.3 Å². The molecule has 2 aromatic rings. The molecular weight excluding hydrogens is 641 g/mol. The lowest BCUT2D eigenvalue weighted by molar-refractivity contribution is -0.145. The van der Waals surface area contributed by atoms with E-state index >= 15 is 0 Å². The number of aliphatic imine (C=N–C) groups is 1. The van der Waals surface area contributed by atoms with Gasteiger partial charge >= 0.3 is 0 Å². The Hall–Kier alpha value is -2.56. The summed E-state index contributed by atoms with van der Waals surface area (Å²) in [5.41, 5.74) is 2.35. The summed E-state index contributed by atoms with van der Waals surface area (Å²) in [6, 6.07) is 15.0. The van der Waals surface area contributed by atoms with Crippen LogP contribution < -0.4 is 0 Å². The van der Waals surface area contributed by atoms with Gasteiger partial charge in [0.1, 0.15) is 16.5 Å². The van der Waals surface area contributed by atoms with Crippen LogP contribution in [0.2, 0.25) is 10.0 Å². The summed E-state index contributed by atoms with van der Waals surface area (Å²) in [7, 11) is 2.04. The summed E-state index contributed by atoms with van der Waals surface area (Å²) in [6.45, 7) is 10.4. The zero-order valence-electron chi connectivity index (χ0n) is 27.1. The molecule has 246 valence electrons. The van der Waals surface area contributed by atoms with Crippen molar-refractivity contribution in [1.29, 1.82) is 0 Å². The maximum atomic E-state index is 14.7. The quantitative estimate of drug-likeness (QED) is 0.378. The van der Waals surface area contributed by atoms with Crippen molar-refractivity contribution in [3.63, 3.8) is 0 Å². The van der Waals surface area contributed by atoms with E-state index in [9.17, 15) is 14.7 Å². The van der Waals surface area contributed by atoms with Gasteiger partial charge in [0.25, 0.3) is 5.91 Å². The van der Waals surface area contributed by atoms with Crippen LogP contribution in [-0.2, 0) is 15.1 Å². The predicted molar refractivity (Wildman–Crippen MR) is 186 cm³/mol. The Morgan fingerprint density at radius 1 is 1.04 bits per heavy atom. The molecule has 0 spiro atoms. The number of halogens is 2. The average molecular weight is 685 g/mol. The Kier molecular flexibility index (Phi) is 9.53. The molecule has 0 saturated carbocycles. The van der Waals surface area contributed by atoms with Crippen molar-refractivity contribution >= 4 is 51.9 Å². The molecule has 46 heavy (non-hydrogen) atoms. The van der Waals surface area contributed by atoms with Crippen LogP contribution in [0, 0.1) is 5.92 Å². The van der Waals surface area contributed by atoms with Gasteiger partial charge in [-0.2, -0.15) is 0 Å². The van der Waals surface area contributed by atoms with Crippen LogP contribution >= 0.6 is 35.0 Å². The number of hydrogen-bond donors (Lipinski definition) is 1. The van der Waals surface area contributed by atoms with Crippen molar-refractivity contribution in [2.75, 3.05) is 33.3 Å². The van der Waals surface area contributed by atoms with Crippen LogP contribution in [0.4, 0.5) is 0 Å². The summed E-state index contributed by atoms with van der Waals surface area (Å²) < 4.78 is 0. The van der Waals surface area contributed by atoms with E-state index in [1.54, 1.807) is 0 Å². The first-order chi connectivity index (χ1) is 21.9. The number of carbonyl (C=O) groups excluding carboxylic acids is 2. The van der Waals surface area contributed by atoms with Crippen molar-refractivity contribution in [2.24, 2.45) is 10.9 Å². The van der Waals surface area contributed by atoms with Gasteiger partial charge in [-0.3, -0.25) is 14.5 Å². The average Bonchev–Trinajstić information content (AvgIpc) is 3.68. The number of aliphatic hydroxyl groups excluding tert-OH is 1. The van der Waals surface area contributed by atoms with Crippen molar-refractivity contribution in [2.45, 2.75) is 76.7 Å². The van der Waals surface area contributed by atoms with Crippen LogP contribution in [-0.4, -0.2) is 93.1 Å². The number of piperazine rings is 1. The van der Waals surface area contributed by atoms with Crippen molar-refractivity contribution in [3.05, 3.63) is 80.3 Å². The molecule has 11 heteroatoms. The fourth-order valence-electron chi connectivity index (χ4n) is 7.57. The van der Waals surface area contributed by atoms with Crippen LogP contribution in [0.15, 0.2) is 64.1 Å². The highest BCUT2D eigenvalue weighted by Gasteiger charge is 2.54. The van der Waals surface area contributed by atoms with Gasteiger partial charge in [-0.15, -0.1) is 0 Å². The third kappa shape index (κ3) is 5.87. The number of aliphatic hydroxyl groups is 1. The second-order valence-corrected chi connectivity index (χ2v) is 15.3. The van der Waals surface area contributed by atoms with E-state index < -0.39 is 11.6 Å². The highest BCUT2D eigenvalue weighted by Crippen LogP contribution is 2.56. The van der Waals surface area contributed by atoms with E-state index in [2.05, 4.69) is 30.6 Å². The zero-order valence-corrected chi connectivity index (χ0v) is 29.4. The molecule has 4 aliphatic rings. The molecule has 2 amide bonds. The predicted octanol–water partition coefficient (Wildman–Crippen LogP) is 6.14. The number of allylic oxidation sites excluding steroid dienone is 1. The summed E-state index contributed by atoms with van der Waals surface area (Å²) in [6.07, 6.45) is 2.04. The number of fused-ring (bicyclic) bond motifs is 1. The Bertz CT molecular complexity index is 1550. The minimum absolute atomic E-state index is 0.00984. The number of likely N-dealkylation sites (tertiary alicyclic amines) is 1. The Morgan fingerprint density at radius 3 is 2.33 bits per heavy atom. The normalized spacial score (nSPS) is 28.4. The van der Waals surface area contributed by atoms with Crippen molar-refractivity contribution in [1.82, 2.24) is 19.6 Å². The molecule has 5 atom stereocenters. The van der Waals surface area contributed by atoms with Gasteiger partial charge in [-0.1, -0.05) is 61.3 Å². The van der Waals surface area contributed by atoms with Gasteiger partial charge < -0.3 is 19.8 Å². The first-order valence-electron chi connectivity index (χ1n) is 16.2. The smallest absolute Gasteiger partial charge is 0.263 e. The highest BCUT2D eigenvalue weighted by atomic mass is 35.5. The lowest BCUT2D eigenvalue weighted by Crippen LogP contribution is -2.58. The SMILES string of the molecule is CC(C)C1=C(C(=O)N2[C@H](C)CC[C@@H]2C(=O)N2CCN(C)[C@@H](CCO)C2)SC2=N[C@@](C)(c3ccc(Cl)cc3)[C@@H](c3ccc(Cl)cc3)N21. The largest absolute Gasteiger partial charge is 0.396 e. The van der Waals surface area contributed by atoms with Gasteiger partial charge in [0.2, 0.25) is 5.91 Å². The molecule has 8 nitrogen and oxygen atoms in total. The van der Waals surface area contributed by atoms with E-state index in [1.165, 1.54) is 11.8 Å². The number of rotatable bonds is 7. The molecule has 0 radical (unpaired) electrons. The Balaban J connectivity index is 1.36. The van der Waals surface area contributed by atoms with E-state index in [0.29, 0.717) is 40.9 Å². The number of nitrogens with zero attached hydrogens (tertiary/aromatic N) is 5. The van der Waals surface area contributed by atoms with Crippen LogP contribution in [0.3, 0.4) is 0 Å².